The Bertz CT molecular complexity index is 1920. The van der Waals surface area contributed by atoms with Gasteiger partial charge in [0.15, 0.2) is 16.3 Å². The summed E-state index contributed by atoms with van der Waals surface area (Å²) in [5, 5.41) is 9.47. The van der Waals surface area contributed by atoms with E-state index in [1.807, 2.05) is 6.07 Å². The number of fused-ring (bicyclic) bond motifs is 1. The van der Waals surface area contributed by atoms with Gasteiger partial charge in [0.1, 0.15) is 11.5 Å². The second-order valence-corrected chi connectivity index (χ2v) is 10.1. The standard InChI is InChI=1S/C31H27N3O7S/c1-6-40-30(36)26-17(2)33-31-34(27(26)19-13-23(37-3)28(39-5)24(14-19)38-4)29(35)25(42-31)15-20-11-12-22(41-20)21-10-8-7-9-18(21)16-32/h7-15,27H,6H2,1-5H3/b25-15-. The van der Waals surface area contributed by atoms with Gasteiger partial charge in [-0.2, -0.15) is 5.26 Å². The van der Waals surface area contributed by atoms with Crippen molar-refractivity contribution in [2.75, 3.05) is 27.9 Å². The number of furan rings is 1. The van der Waals surface area contributed by atoms with Crippen LogP contribution in [-0.2, 0) is 9.53 Å². The highest BCUT2D eigenvalue weighted by molar-refractivity contribution is 7.07. The van der Waals surface area contributed by atoms with Gasteiger partial charge < -0.3 is 23.4 Å². The topological polar surface area (TPSA) is 125 Å². The van der Waals surface area contributed by atoms with Gasteiger partial charge in [-0.15, -0.1) is 0 Å². The zero-order valence-electron chi connectivity index (χ0n) is 23.6. The first-order chi connectivity index (χ1) is 20.3. The summed E-state index contributed by atoms with van der Waals surface area (Å²) in [6, 6.07) is 15.3. The Morgan fingerprint density at radius 2 is 1.83 bits per heavy atom. The molecule has 0 bridgehead atoms. The average Bonchev–Trinajstić information content (AvgIpc) is 3.59. The lowest BCUT2D eigenvalue weighted by Crippen LogP contribution is -2.40. The third-order valence-corrected chi connectivity index (χ3v) is 7.72. The van der Waals surface area contributed by atoms with E-state index in [0.29, 0.717) is 60.5 Å². The minimum Gasteiger partial charge on any atom is -0.493 e. The number of esters is 1. The van der Waals surface area contributed by atoms with Crippen LogP contribution in [0.1, 0.15) is 36.8 Å². The molecular formula is C31H27N3O7S. The van der Waals surface area contributed by atoms with Crippen molar-refractivity contribution in [2.24, 2.45) is 4.99 Å². The second-order valence-electron chi connectivity index (χ2n) is 9.12. The van der Waals surface area contributed by atoms with Crippen LogP contribution in [0.3, 0.4) is 0 Å². The first-order valence-corrected chi connectivity index (χ1v) is 13.8. The van der Waals surface area contributed by atoms with Gasteiger partial charge in [0, 0.05) is 11.6 Å². The number of hydrogen-bond donors (Lipinski definition) is 0. The van der Waals surface area contributed by atoms with Gasteiger partial charge in [0.25, 0.3) is 5.56 Å². The summed E-state index contributed by atoms with van der Waals surface area (Å²) in [4.78, 5) is 32.2. The van der Waals surface area contributed by atoms with Crippen molar-refractivity contribution in [3.63, 3.8) is 0 Å². The fourth-order valence-corrected chi connectivity index (χ4v) is 5.89. The number of nitriles is 1. The molecule has 0 radical (unpaired) electrons. The number of allylic oxidation sites excluding steroid dienone is 1. The molecule has 2 aromatic heterocycles. The van der Waals surface area contributed by atoms with Crippen molar-refractivity contribution in [1.82, 2.24) is 4.57 Å². The van der Waals surface area contributed by atoms with Gasteiger partial charge in [-0.1, -0.05) is 23.5 Å². The van der Waals surface area contributed by atoms with Gasteiger partial charge in [0.2, 0.25) is 5.75 Å². The van der Waals surface area contributed by atoms with Crippen molar-refractivity contribution in [2.45, 2.75) is 19.9 Å². The Labute approximate surface area is 245 Å². The molecule has 0 amide bonds. The number of hydrogen-bond acceptors (Lipinski definition) is 10. The highest BCUT2D eigenvalue weighted by Gasteiger charge is 2.34. The van der Waals surface area contributed by atoms with E-state index in [1.165, 1.54) is 37.2 Å². The van der Waals surface area contributed by atoms with Gasteiger partial charge in [0.05, 0.1) is 61.4 Å². The molecule has 0 saturated heterocycles. The van der Waals surface area contributed by atoms with Crippen molar-refractivity contribution in [3.8, 4) is 34.6 Å². The molecule has 214 valence electrons. The van der Waals surface area contributed by atoms with E-state index in [2.05, 4.69) is 11.1 Å². The van der Waals surface area contributed by atoms with E-state index < -0.39 is 12.0 Å². The first kappa shape index (κ1) is 28.4. The Kier molecular flexibility index (Phi) is 7.99. The molecule has 42 heavy (non-hydrogen) atoms. The number of rotatable bonds is 8. The summed E-state index contributed by atoms with van der Waals surface area (Å²) >= 11 is 1.17. The SMILES string of the molecule is CCOC(=O)C1=C(C)N=c2s/c(=C\c3ccc(-c4ccccc4C#N)o3)c(=O)n2C1c1cc(OC)c(OC)c(OC)c1. The van der Waals surface area contributed by atoms with Crippen molar-refractivity contribution >= 4 is 23.4 Å². The summed E-state index contributed by atoms with van der Waals surface area (Å²) in [6.45, 7) is 3.57. The molecule has 0 fully saturated rings. The van der Waals surface area contributed by atoms with Gasteiger partial charge in [-0.25, -0.2) is 9.79 Å². The Morgan fingerprint density at radius 1 is 1.12 bits per heavy atom. The minimum atomic E-state index is -0.883. The van der Waals surface area contributed by atoms with Crippen molar-refractivity contribution < 1.29 is 28.2 Å². The highest BCUT2D eigenvalue weighted by atomic mass is 32.1. The normalized spacial score (nSPS) is 14.6. The molecule has 1 aliphatic rings. The van der Waals surface area contributed by atoms with E-state index in [0.717, 1.165) is 0 Å². The lowest BCUT2D eigenvalue weighted by atomic mass is 9.95. The highest BCUT2D eigenvalue weighted by Crippen LogP contribution is 2.42. The van der Waals surface area contributed by atoms with Crippen LogP contribution in [0.2, 0.25) is 0 Å². The monoisotopic (exact) mass is 585 g/mol. The summed E-state index contributed by atoms with van der Waals surface area (Å²) in [7, 11) is 4.48. The van der Waals surface area contributed by atoms with Crippen LogP contribution in [0.25, 0.3) is 17.4 Å². The molecule has 0 N–H and O–H groups in total. The molecule has 1 unspecified atom stereocenters. The van der Waals surface area contributed by atoms with Crippen LogP contribution in [0.5, 0.6) is 17.2 Å². The van der Waals surface area contributed by atoms with E-state index >= 15 is 0 Å². The molecule has 5 rings (SSSR count). The summed E-state index contributed by atoms with van der Waals surface area (Å²) in [5.74, 6) is 1.45. The Morgan fingerprint density at radius 3 is 2.48 bits per heavy atom. The van der Waals surface area contributed by atoms with Crippen LogP contribution in [0.4, 0.5) is 0 Å². The minimum absolute atomic E-state index is 0.151. The summed E-state index contributed by atoms with van der Waals surface area (Å²) in [5.41, 5.74) is 1.94. The van der Waals surface area contributed by atoms with Gasteiger partial charge in [-0.3, -0.25) is 9.36 Å². The maximum Gasteiger partial charge on any atom is 0.338 e. The van der Waals surface area contributed by atoms with Gasteiger partial charge in [-0.05, 0) is 55.8 Å². The van der Waals surface area contributed by atoms with Crippen LogP contribution in [0.15, 0.2) is 74.0 Å². The number of carbonyl (C=O) groups is 1. The third-order valence-electron chi connectivity index (χ3n) is 6.73. The number of thiazole rings is 1. The van der Waals surface area contributed by atoms with Crippen LogP contribution < -0.4 is 29.1 Å². The largest absolute Gasteiger partial charge is 0.493 e. The average molecular weight is 586 g/mol. The van der Waals surface area contributed by atoms with Crippen molar-refractivity contribution in [1.29, 1.82) is 5.26 Å². The molecule has 1 aliphatic heterocycles. The smallest absolute Gasteiger partial charge is 0.338 e. The number of aromatic nitrogens is 1. The molecule has 4 aromatic rings. The fourth-order valence-electron chi connectivity index (χ4n) is 4.87. The lowest BCUT2D eigenvalue weighted by Gasteiger charge is -2.26. The molecular weight excluding hydrogens is 558 g/mol. The number of methoxy groups -OCH3 is 3. The molecule has 2 aromatic carbocycles. The Hall–Kier alpha value is -5.08. The fraction of sp³-hybridized carbons (Fsp3) is 0.226. The van der Waals surface area contributed by atoms with E-state index in [9.17, 15) is 14.9 Å². The molecule has 1 atom stereocenters. The van der Waals surface area contributed by atoms with Crippen LogP contribution in [-0.4, -0.2) is 38.5 Å². The first-order valence-electron chi connectivity index (χ1n) is 12.9. The van der Waals surface area contributed by atoms with Crippen LogP contribution in [0, 0.1) is 11.3 Å². The summed E-state index contributed by atoms with van der Waals surface area (Å²) in [6.07, 6.45) is 1.62. The van der Waals surface area contributed by atoms with E-state index in [-0.39, 0.29) is 17.7 Å². The molecule has 11 heteroatoms. The van der Waals surface area contributed by atoms with Crippen LogP contribution >= 0.6 is 11.3 Å². The Balaban J connectivity index is 1.70. The number of carbonyl (C=O) groups excluding carboxylic acids is 1. The predicted octanol–water partition coefficient (Wildman–Crippen LogP) is 3.96. The molecule has 10 nitrogen and oxygen atoms in total. The second kappa shape index (κ2) is 11.8. The number of nitrogens with zero attached hydrogens (tertiary/aromatic N) is 3. The maximum absolute atomic E-state index is 14.0. The van der Waals surface area contributed by atoms with E-state index in [1.54, 1.807) is 62.4 Å². The maximum atomic E-state index is 14.0. The van der Waals surface area contributed by atoms with Crippen molar-refractivity contribution in [3.05, 3.63) is 96.4 Å². The zero-order valence-corrected chi connectivity index (χ0v) is 24.4. The number of benzene rings is 2. The predicted molar refractivity (Wildman–Crippen MR) is 155 cm³/mol. The van der Waals surface area contributed by atoms with E-state index in [4.69, 9.17) is 23.4 Å². The molecule has 3 heterocycles. The number of ether oxygens (including phenoxy) is 4. The van der Waals surface area contributed by atoms with Gasteiger partial charge >= 0.3 is 5.97 Å². The zero-order chi connectivity index (χ0) is 30.0. The molecule has 0 spiro atoms. The lowest BCUT2D eigenvalue weighted by molar-refractivity contribution is -0.139. The molecule has 0 saturated carbocycles. The molecule has 0 aliphatic carbocycles. The quantitative estimate of drug-likeness (QED) is 0.285. The third kappa shape index (κ3) is 4.97. The summed E-state index contributed by atoms with van der Waals surface area (Å²) < 4.78 is 29.8.